The third kappa shape index (κ3) is 3.89. The Morgan fingerprint density at radius 3 is 2.57 bits per heavy atom. The van der Waals surface area contributed by atoms with Crippen LogP contribution in [0.2, 0.25) is 0 Å². The van der Waals surface area contributed by atoms with E-state index in [2.05, 4.69) is 15.2 Å². The Morgan fingerprint density at radius 1 is 1.43 bits per heavy atom. The third-order valence-electron chi connectivity index (χ3n) is 2.39. The minimum Gasteiger partial charge on any atom is -0.477 e. The molecule has 2 aromatic rings. The van der Waals surface area contributed by atoms with Crippen LogP contribution in [-0.4, -0.2) is 31.2 Å². The van der Waals surface area contributed by atoms with Gasteiger partial charge in [0.25, 0.3) is 5.69 Å². The molecule has 0 fully saturated rings. The van der Waals surface area contributed by atoms with Crippen LogP contribution in [0.25, 0.3) is 6.08 Å². The van der Waals surface area contributed by atoms with Gasteiger partial charge in [-0.1, -0.05) is 0 Å². The number of carboxylic acid groups (broad SMARTS) is 1. The topological polar surface area (TPSA) is 122 Å². The second-order valence-electron chi connectivity index (χ2n) is 3.97. The first-order valence-electron chi connectivity index (χ1n) is 5.72. The average Bonchev–Trinajstić information content (AvgIpc) is 2.84. The van der Waals surface area contributed by atoms with Gasteiger partial charge in [-0.05, 0) is 42.5 Å². The van der Waals surface area contributed by atoms with E-state index in [-0.39, 0.29) is 10.6 Å². The lowest BCUT2D eigenvalue weighted by molar-refractivity contribution is -0.384. The fourth-order valence-corrected chi connectivity index (χ4v) is 2.20. The van der Waals surface area contributed by atoms with E-state index in [1.807, 2.05) is 0 Å². The van der Waals surface area contributed by atoms with Gasteiger partial charge in [0.1, 0.15) is 10.7 Å². The summed E-state index contributed by atoms with van der Waals surface area (Å²) < 4.78 is 0. The number of aromatic nitrogens is 3. The van der Waals surface area contributed by atoms with Crippen molar-refractivity contribution >= 4 is 29.5 Å². The van der Waals surface area contributed by atoms with Crippen LogP contribution in [0.1, 0.15) is 11.4 Å². The third-order valence-corrected chi connectivity index (χ3v) is 3.27. The molecule has 1 heterocycles. The molecule has 0 amide bonds. The summed E-state index contributed by atoms with van der Waals surface area (Å²) in [6.45, 7) is 1.71. The molecule has 0 spiro atoms. The number of aromatic amines is 1. The monoisotopic (exact) mass is 306 g/mol. The number of carboxylic acids is 1. The molecule has 21 heavy (non-hydrogen) atoms. The van der Waals surface area contributed by atoms with E-state index in [1.165, 1.54) is 30.3 Å². The Hall–Kier alpha value is -2.68. The predicted octanol–water partition coefficient (Wildman–Crippen LogP) is 2.24. The maximum atomic E-state index is 11.2. The number of H-pyrrole nitrogens is 1. The van der Waals surface area contributed by atoms with E-state index in [1.54, 1.807) is 6.92 Å². The molecule has 9 heteroatoms. The molecule has 0 aliphatic heterocycles. The lowest BCUT2D eigenvalue weighted by Crippen LogP contribution is -1.97. The highest BCUT2D eigenvalue weighted by Crippen LogP contribution is 2.26. The van der Waals surface area contributed by atoms with Crippen LogP contribution in [0.5, 0.6) is 0 Å². The van der Waals surface area contributed by atoms with Crippen molar-refractivity contribution in [2.75, 3.05) is 0 Å². The fraction of sp³-hybridized carbons (Fsp3) is 0.0833. The van der Waals surface area contributed by atoms with E-state index >= 15 is 0 Å². The summed E-state index contributed by atoms with van der Waals surface area (Å²) in [5.41, 5.74) is 0.485. The number of non-ortho nitro benzene ring substituents is 1. The Bertz CT molecular complexity index is 708. The Kier molecular flexibility index (Phi) is 4.33. The zero-order valence-electron chi connectivity index (χ0n) is 10.8. The van der Waals surface area contributed by atoms with Gasteiger partial charge in [0.05, 0.1) is 4.92 Å². The largest absolute Gasteiger partial charge is 0.477 e. The highest BCUT2D eigenvalue weighted by molar-refractivity contribution is 8.04. The van der Waals surface area contributed by atoms with Crippen LogP contribution < -0.4 is 0 Å². The van der Waals surface area contributed by atoms with Gasteiger partial charge in [-0.2, -0.15) is 0 Å². The first-order valence-corrected chi connectivity index (χ1v) is 6.53. The summed E-state index contributed by atoms with van der Waals surface area (Å²) in [6.07, 6.45) is 1.41. The summed E-state index contributed by atoms with van der Waals surface area (Å²) in [6, 6.07) is 5.58. The zero-order chi connectivity index (χ0) is 15.4. The van der Waals surface area contributed by atoms with Gasteiger partial charge in [0, 0.05) is 12.1 Å². The van der Waals surface area contributed by atoms with Gasteiger partial charge in [-0.15, -0.1) is 5.10 Å². The van der Waals surface area contributed by atoms with E-state index < -0.39 is 10.9 Å². The second kappa shape index (κ2) is 6.18. The van der Waals surface area contributed by atoms with Crippen molar-refractivity contribution in [3.63, 3.8) is 0 Å². The summed E-state index contributed by atoms with van der Waals surface area (Å²) in [5, 5.41) is 26.5. The van der Waals surface area contributed by atoms with Crippen molar-refractivity contribution in [1.82, 2.24) is 15.2 Å². The van der Waals surface area contributed by atoms with Crippen LogP contribution >= 0.6 is 11.8 Å². The van der Waals surface area contributed by atoms with Crippen LogP contribution in [0.15, 0.2) is 34.3 Å². The fourth-order valence-electron chi connectivity index (χ4n) is 1.44. The number of hydrogen-bond acceptors (Lipinski definition) is 6. The maximum Gasteiger partial charge on any atom is 0.342 e. The van der Waals surface area contributed by atoms with Crippen molar-refractivity contribution < 1.29 is 14.8 Å². The molecule has 0 bridgehead atoms. The van der Waals surface area contributed by atoms with E-state index in [0.717, 1.165) is 11.8 Å². The first kappa shape index (κ1) is 14.7. The van der Waals surface area contributed by atoms with Crippen molar-refractivity contribution in [2.45, 2.75) is 12.1 Å². The molecule has 1 aromatic carbocycles. The normalized spacial score (nSPS) is 11.4. The Labute approximate surface area is 123 Å². The van der Waals surface area contributed by atoms with Crippen LogP contribution in [0, 0.1) is 17.0 Å². The van der Waals surface area contributed by atoms with Crippen molar-refractivity contribution in [2.24, 2.45) is 0 Å². The van der Waals surface area contributed by atoms with Gasteiger partial charge < -0.3 is 5.11 Å². The molecule has 0 aliphatic rings. The van der Waals surface area contributed by atoms with E-state index in [4.69, 9.17) is 0 Å². The smallest absolute Gasteiger partial charge is 0.342 e. The first-order chi connectivity index (χ1) is 9.95. The molecule has 0 unspecified atom stereocenters. The second-order valence-corrected chi connectivity index (χ2v) is 4.98. The van der Waals surface area contributed by atoms with Crippen LogP contribution in [-0.2, 0) is 4.79 Å². The van der Waals surface area contributed by atoms with E-state index in [9.17, 15) is 20.0 Å². The minimum absolute atomic E-state index is 0.0165. The predicted molar refractivity (Wildman–Crippen MR) is 75.7 cm³/mol. The van der Waals surface area contributed by atoms with Crippen LogP contribution in [0.3, 0.4) is 0 Å². The molecule has 0 saturated carbocycles. The number of aliphatic carboxylic acids is 1. The lowest BCUT2D eigenvalue weighted by atomic mass is 10.2. The Balaban J connectivity index is 2.24. The van der Waals surface area contributed by atoms with Crippen molar-refractivity contribution in [3.05, 3.63) is 50.7 Å². The molecular formula is C12H10N4O4S. The molecule has 2 rings (SSSR count). The molecule has 0 atom stereocenters. The number of nitrogens with one attached hydrogen (secondary N) is 1. The van der Waals surface area contributed by atoms with Gasteiger partial charge in [-0.3, -0.25) is 15.2 Å². The van der Waals surface area contributed by atoms with Crippen LogP contribution in [0.4, 0.5) is 5.69 Å². The quantitative estimate of drug-likeness (QED) is 0.376. The maximum absolute atomic E-state index is 11.2. The number of nitrogens with zero attached hydrogens (tertiary/aromatic N) is 3. The number of aryl methyl sites for hydroxylation is 1. The number of benzene rings is 1. The molecular weight excluding hydrogens is 296 g/mol. The molecule has 0 radical (unpaired) electrons. The number of carbonyl (C=O) groups is 1. The van der Waals surface area contributed by atoms with Gasteiger partial charge in [-0.25, -0.2) is 9.78 Å². The van der Waals surface area contributed by atoms with Gasteiger partial charge in [0.15, 0.2) is 0 Å². The summed E-state index contributed by atoms with van der Waals surface area (Å²) >= 11 is 0.897. The highest BCUT2D eigenvalue weighted by Gasteiger charge is 2.13. The molecule has 8 nitrogen and oxygen atoms in total. The SMILES string of the molecule is Cc1nc(SC(=Cc2ccc([N+](=O)[O-])cc2)C(=O)O)n[nH]1. The molecule has 1 aromatic heterocycles. The van der Waals surface area contributed by atoms with Crippen molar-refractivity contribution in [1.29, 1.82) is 0 Å². The molecule has 108 valence electrons. The number of rotatable bonds is 5. The number of nitro groups is 1. The van der Waals surface area contributed by atoms with Gasteiger partial charge in [0.2, 0.25) is 5.16 Å². The zero-order valence-corrected chi connectivity index (χ0v) is 11.6. The highest BCUT2D eigenvalue weighted by atomic mass is 32.2. The van der Waals surface area contributed by atoms with Crippen molar-refractivity contribution in [3.8, 4) is 0 Å². The summed E-state index contributed by atoms with van der Waals surface area (Å²) in [4.78, 5) is 25.3. The standard InChI is InChI=1S/C12H10N4O4S/c1-7-13-12(15-14-7)21-10(11(17)18)6-8-2-4-9(5-3-8)16(19)20/h2-6H,1H3,(H,17,18)(H,13,14,15). The minimum atomic E-state index is -1.12. The molecule has 0 aliphatic carbocycles. The van der Waals surface area contributed by atoms with E-state index in [0.29, 0.717) is 16.5 Å². The lowest BCUT2D eigenvalue weighted by Gasteiger charge is -1.99. The Morgan fingerprint density at radius 2 is 2.10 bits per heavy atom. The number of thioether (sulfide) groups is 1. The molecule has 0 saturated heterocycles. The number of hydrogen-bond donors (Lipinski definition) is 2. The number of nitro benzene ring substituents is 1. The summed E-state index contributed by atoms with van der Waals surface area (Å²) in [7, 11) is 0. The van der Waals surface area contributed by atoms with Gasteiger partial charge >= 0.3 is 5.97 Å². The summed E-state index contributed by atoms with van der Waals surface area (Å²) in [5.74, 6) is -0.543. The molecule has 2 N–H and O–H groups in total. The average molecular weight is 306 g/mol.